The van der Waals surface area contributed by atoms with Crippen LogP contribution in [0.4, 0.5) is 4.39 Å². The van der Waals surface area contributed by atoms with Crippen LogP contribution in [0.3, 0.4) is 0 Å². The van der Waals surface area contributed by atoms with Gasteiger partial charge in [0.2, 0.25) is 0 Å². The molecule has 17 heavy (non-hydrogen) atoms. The third-order valence-electron chi connectivity index (χ3n) is 2.15. The first kappa shape index (κ1) is 14.6. The van der Waals surface area contributed by atoms with E-state index in [1.165, 1.54) is 0 Å². The Morgan fingerprint density at radius 2 is 1.94 bits per heavy atom. The van der Waals surface area contributed by atoms with Gasteiger partial charge in [0.1, 0.15) is 12.6 Å². The van der Waals surface area contributed by atoms with Crippen molar-refractivity contribution < 1.29 is 18.6 Å². The molecule has 0 radical (unpaired) electrons. The second kappa shape index (κ2) is 8.58. The Morgan fingerprint density at radius 3 is 2.71 bits per heavy atom. The van der Waals surface area contributed by atoms with E-state index in [1.54, 1.807) is 25.3 Å². The predicted octanol–water partition coefficient (Wildman–Crippen LogP) is 2.77. The zero-order valence-electron chi connectivity index (χ0n) is 9.75. The number of hydrogen-bond acceptors (Lipinski definition) is 3. The largest absolute Gasteiger partial charge is 0.382 e. The Hall–Kier alpha value is -0.490. The molecule has 0 heterocycles. The first-order valence-corrected chi connectivity index (χ1v) is 6.12. The molecule has 0 fully saturated rings. The van der Waals surface area contributed by atoms with Gasteiger partial charge in [0.15, 0.2) is 0 Å². The summed E-state index contributed by atoms with van der Waals surface area (Å²) in [5.41, 5.74) is 0.635. The van der Waals surface area contributed by atoms with E-state index >= 15 is 0 Å². The van der Waals surface area contributed by atoms with E-state index in [2.05, 4.69) is 15.9 Å². The first-order valence-electron chi connectivity index (χ1n) is 5.33. The van der Waals surface area contributed by atoms with Crippen LogP contribution in [0.15, 0.2) is 22.7 Å². The van der Waals surface area contributed by atoms with E-state index in [1.807, 2.05) is 0 Å². The van der Waals surface area contributed by atoms with Gasteiger partial charge in [-0.2, -0.15) is 0 Å². The van der Waals surface area contributed by atoms with Crippen molar-refractivity contribution in [1.82, 2.24) is 0 Å². The maximum absolute atomic E-state index is 13.5. The van der Waals surface area contributed by atoms with Gasteiger partial charge in [-0.15, -0.1) is 0 Å². The van der Waals surface area contributed by atoms with Crippen LogP contribution in [0.2, 0.25) is 0 Å². The third kappa shape index (κ3) is 5.59. The van der Waals surface area contributed by atoms with Crippen molar-refractivity contribution in [3.63, 3.8) is 0 Å². The van der Waals surface area contributed by atoms with Crippen molar-refractivity contribution >= 4 is 15.9 Å². The van der Waals surface area contributed by atoms with Crippen molar-refractivity contribution in [2.75, 3.05) is 33.7 Å². The molecule has 0 aliphatic carbocycles. The molecule has 0 saturated heterocycles. The van der Waals surface area contributed by atoms with Gasteiger partial charge in [-0.3, -0.25) is 0 Å². The van der Waals surface area contributed by atoms with Gasteiger partial charge < -0.3 is 14.2 Å². The topological polar surface area (TPSA) is 27.7 Å². The quantitative estimate of drug-likeness (QED) is 0.546. The second-order valence-electron chi connectivity index (χ2n) is 3.39. The lowest BCUT2D eigenvalue weighted by molar-refractivity contribution is -0.0648. The van der Waals surface area contributed by atoms with Gasteiger partial charge in [-0.25, -0.2) is 4.39 Å². The summed E-state index contributed by atoms with van der Waals surface area (Å²) < 4.78 is 29.2. The third-order valence-corrected chi connectivity index (χ3v) is 2.76. The summed E-state index contributed by atoms with van der Waals surface area (Å²) in [6.07, 6.45) is 0.527. The Bertz CT molecular complexity index is 334. The number of rotatable bonds is 8. The van der Waals surface area contributed by atoms with Crippen molar-refractivity contribution in [3.8, 4) is 0 Å². The van der Waals surface area contributed by atoms with Gasteiger partial charge in [0, 0.05) is 7.11 Å². The van der Waals surface area contributed by atoms with Crippen LogP contribution in [-0.4, -0.2) is 33.7 Å². The molecule has 0 saturated carbocycles. The lowest BCUT2D eigenvalue weighted by Gasteiger charge is -2.06. The Kier molecular flexibility index (Phi) is 7.35. The number of benzene rings is 1. The van der Waals surface area contributed by atoms with E-state index in [4.69, 9.17) is 14.2 Å². The number of ether oxygens (including phenoxy) is 3. The molecule has 0 N–H and O–H groups in total. The lowest BCUT2D eigenvalue weighted by Crippen LogP contribution is -2.08. The molecular formula is C12H16BrFO3. The van der Waals surface area contributed by atoms with Gasteiger partial charge in [-0.05, 0) is 34.0 Å². The Labute approximate surface area is 109 Å². The van der Waals surface area contributed by atoms with Gasteiger partial charge >= 0.3 is 0 Å². The van der Waals surface area contributed by atoms with E-state index in [0.29, 0.717) is 36.3 Å². The summed E-state index contributed by atoms with van der Waals surface area (Å²) >= 11 is 3.14. The highest BCUT2D eigenvalue weighted by atomic mass is 79.9. The maximum Gasteiger partial charge on any atom is 0.146 e. The SMILES string of the molecule is COCCOCOCCc1cccc(Br)c1F. The van der Waals surface area contributed by atoms with Crippen LogP contribution >= 0.6 is 15.9 Å². The number of hydrogen-bond donors (Lipinski definition) is 0. The highest BCUT2D eigenvalue weighted by molar-refractivity contribution is 9.10. The highest BCUT2D eigenvalue weighted by Gasteiger charge is 2.05. The van der Waals surface area contributed by atoms with Crippen LogP contribution in [0.5, 0.6) is 0 Å². The summed E-state index contributed by atoms with van der Waals surface area (Å²) in [7, 11) is 1.61. The second-order valence-corrected chi connectivity index (χ2v) is 4.24. The number of methoxy groups -OCH3 is 1. The molecule has 5 heteroatoms. The van der Waals surface area contributed by atoms with E-state index < -0.39 is 0 Å². The van der Waals surface area contributed by atoms with Crippen LogP contribution in [-0.2, 0) is 20.6 Å². The first-order chi connectivity index (χ1) is 8.25. The summed E-state index contributed by atoms with van der Waals surface area (Å²) in [6, 6.07) is 5.22. The zero-order valence-corrected chi connectivity index (χ0v) is 11.3. The van der Waals surface area contributed by atoms with E-state index in [0.717, 1.165) is 0 Å². The molecule has 0 aliphatic heterocycles. The lowest BCUT2D eigenvalue weighted by atomic mass is 10.1. The monoisotopic (exact) mass is 306 g/mol. The van der Waals surface area contributed by atoms with Crippen LogP contribution in [0.1, 0.15) is 5.56 Å². The minimum Gasteiger partial charge on any atom is -0.382 e. The summed E-state index contributed by atoms with van der Waals surface area (Å²) in [4.78, 5) is 0. The minimum atomic E-state index is -0.226. The molecule has 96 valence electrons. The zero-order chi connectivity index (χ0) is 12.5. The summed E-state index contributed by atoms with van der Waals surface area (Å²) in [5, 5.41) is 0. The van der Waals surface area contributed by atoms with Crippen molar-refractivity contribution in [2.45, 2.75) is 6.42 Å². The molecule has 3 nitrogen and oxygen atoms in total. The molecule has 0 atom stereocenters. The fraction of sp³-hybridized carbons (Fsp3) is 0.500. The molecule has 0 unspecified atom stereocenters. The molecule has 0 bridgehead atoms. The van der Waals surface area contributed by atoms with Crippen LogP contribution in [0, 0.1) is 5.82 Å². The average molecular weight is 307 g/mol. The molecule has 0 aliphatic rings. The minimum absolute atomic E-state index is 0.207. The van der Waals surface area contributed by atoms with Gasteiger partial charge in [0.05, 0.1) is 24.3 Å². The molecule has 1 aromatic rings. The smallest absolute Gasteiger partial charge is 0.146 e. The summed E-state index contributed by atoms with van der Waals surface area (Å²) in [6.45, 7) is 1.69. The fourth-order valence-electron chi connectivity index (χ4n) is 1.24. The Balaban J connectivity index is 2.16. The summed E-state index contributed by atoms with van der Waals surface area (Å²) in [5.74, 6) is -0.226. The van der Waals surface area contributed by atoms with E-state index in [9.17, 15) is 4.39 Å². The maximum atomic E-state index is 13.5. The molecule has 1 aromatic carbocycles. The normalized spacial score (nSPS) is 10.8. The molecule has 0 aromatic heterocycles. The van der Waals surface area contributed by atoms with Crippen LogP contribution < -0.4 is 0 Å². The van der Waals surface area contributed by atoms with Crippen molar-refractivity contribution in [2.24, 2.45) is 0 Å². The average Bonchev–Trinajstić information content (AvgIpc) is 2.33. The highest BCUT2D eigenvalue weighted by Crippen LogP contribution is 2.18. The van der Waals surface area contributed by atoms with Crippen molar-refractivity contribution in [1.29, 1.82) is 0 Å². The van der Waals surface area contributed by atoms with Crippen LogP contribution in [0.25, 0.3) is 0 Å². The van der Waals surface area contributed by atoms with Crippen molar-refractivity contribution in [3.05, 3.63) is 34.1 Å². The Morgan fingerprint density at radius 1 is 1.18 bits per heavy atom. The fourth-order valence-corrected chi connectivity index (χ4v) is 1.65. The van der Waals surface area contributed by atoms with Gasteiger partial charge in [0.25, 0.3) is 0 Å². The number of halogens is 2. The predicted molar refractivity (Wildman–Crippen MR) is 66.5 cm³/mol. The van der Waals surface area contributed by atoms with E-state index in [-0.39, 0.29) is 12.6 Å². The molecule has 1 rings (SSSR count). The molecule has 0 spiro atoms. The van der Waals surface area contributed by atoms with Gasteiger partial charge in [-0.1, -0.05) is 12.1 Å². The standard InChI is InChI=1S/C12H16BrFO3/c1-15-7-8-17-9-16-6-5-10-3-2-4-11(13)12(10)14/h2-4H,5-9H2,1H3. The molecular weight excluding hydrogens is 291 g/mol. The molecule has 0 amide bonds.